The second-order valence-corrected chi connectivity index (χ2v) is 5.20. The fourth-order valence-corrected chi connectivity index (χ4v) is 2.39. The van der Waals surface area contributed by atoms with Crippen LogP contribution in [0.1, 0.15) is 49.2 Å². The molecule has 1 aliphatic rings. The summed E-state index contributed by atoms with van der Waals surface area (Å²) in [5.74, 6) is 1.47. The van der Waals surface area contributed by atoms with Crippen LogP contribution >= 0.6 is 0 Å². The van der Waals surface area contributed by atoms with E-state index in [1.54, 1.807) is 0 Å². The highest BCUT2D eigenvalue weighted by molar-refractivity contribution is 5.95. The number of aryl methyl sites for hydroxylation is 1. The van der Waals surface area contributed by atoms with E-state index in [-0.39, 0.29) is 5.91 Å². The van der Waals surface area contributed by atoms with Crippen molar-refractivity contribution in [2.75, 3.05) is 12.4 Å². The highest BCUT2D eigenvalue weighted by Crippen LogP contribution is 2.34. The van der Waals surface area contributed by atoms with Crippen LogP contribution in [-0.4, -0.2) is 24.0 Å². The van der Waals surface area contributed by atoms with E-state index in [1.165, 1.54) is 12.8 Å². The maximum atomic E-state index is 12.2. The Labute approximate surface area is 115 Å². The number of nitrogens with one attached hydrogen (secondary N) is 2. The smallest absolute Gasteiger partial charge is 0.251 e. The van der Waals surface area contributed by atoms with Gasteiger partial charge in [-0.15, -0.1) is 0 Å². The van der Waals surface area contributed by atoms with Gasteiger partial charge < -0.3 is 10.6 Å². The van der Waals surface area contributed by atoms with Crippen LogP contribution in [0.4, 0.5) is 5.82 Å². The summed E-state index contributed by atoms with van der Waals surface area (Å²) in [6, 6.07) is 4.07. The number of pyridine rings is 1. The molecule has 1 amide bonds. The number of amides is 1. The van der Waals surface area contributed by atoms with Gasteiger partial charge >= 0.3 is 0 Å². The van der Waals surface area contributed by atoms with Gasteiger partial charge in [-0.1, -0.05) is 20.3 Å². The van der Waals surface area contributed by atoms with Crippen molar-refractivity contribution in [2.45, 2.75) is 45.6 Å². The molecule has 4 nitrogen and oxygen atoms in total. The van der Waals surface area contributed by atoms with Gasteiger partial charge in [0.25, 0.3) is 5.91 Å². The van der Waals surface area contributed by atoms with E-state index >= 15 is 0 Å². The Bertz CT molecular complexity index is 436. The van der Waals surface area contributed by atoms with Crippen molar-refractivity contribution in [3.8, 4) is 0 Å². The Hall–Kier alpha value is -1.58. The normalized spacial score (nSPS) is 21.0. The lowest BCUT2D eigenvalue weighted by molar-refractivity contribution is 0.0948. The minimum absolute atomic E-state index is 0.0252. The summed E-state index contributed by atoms with van der Waals surface area (Å²) in [7, 11) is 1.82. The first-order valence-corrected chi connectivity index (χ1v) is 7.17. The molecule has 19 heavy (non-hydrogen) atoms. The Morgan fingerprint density at radius 1 is 1.42 bits per heavy atom. The molecule has 2 atom stereocenters. The van der Waals surface area contributed by atoms with Gasteiger partial charge in [0, 0.05) is 24.3 Å². The lowest BCUT2D eigenvalue weighted by Gasteiger charge is -2.08. The number of rotatable bonds is 6. The first-order chi connectivity index (χ1) is 9.17. The molecule has 1 aliphatic carbocycles. The maximum Gasteiger partial charge on any atom is 0.251 e. The molecule has 1 fully saturated rings. The molecule has 1 aromatic heterocycles. The molecule has 0 spiro atoms. The standard InChI is InChI=1S/C15H23N3O/c1-4-6-10-8-13(10)18-15(19)11-7-12(5-2)17-14(9-11)16-3/h7,9-10,13H,4-6,8H2,1-3H3,(H,16,17)(H,18,19). The molecule has 0 radical (unpaired) electrons. The van der Waals surface area contributed by atoms with E-state index in [1.807, 2.05) is 26.1 Å². The summed E-state index contributed by atoms with van der Waals surface area (Å²) in [6.07, 6.45) is 4.36. The third-order valence-corrected chi connectivity index (χ3v) is 3.66. The monoisotopic (exact) mass is 261 g/mol. The first kappa shape index (κ1) is 13.8. The third kappa shape index (κ3) is 3.46. The average molecular weight is 261 g/mol. The van der Waals surface area contributed by atoms with Gasteiger partial charge in [0.2, 0.25) is 0 Å². The summed E-state index contributed by atoms with van der Waals surface area (Å²) in [4.78, 5) is 16.6. The van der Waals surface area contributed by atoms with E-state index in [2.05, 4.69) is 22.5 Å². The summed E-state index contributed by atoms with van der Waals surface area (Å²) >= 11 is 0. The van der Waals surface area contributed by atoms with E-state index in [0.717, 1.165) is 24.4 Å². The Balaban J connectivity index is 2.02. The van der Waals surface area contributed by atoms with Crippen molar-refractivity contribution >= 4 is 11.7 Å². The molecular weight excluding hydrogens is 238 g/mol. The zero-order valence-electron chi connectivity index (χ0n) is 12.0. The Kier molecular flexibility index (Phi) is 4.40. The van der Waals surface area contributed by atoms with Crippen molar-refractivity contribution < 1.29 is 4.79 Å². The molecule has 4 heteroatoms. The molecule has 1 saturated carbocycles. The minimum atomic E-state index is 0.0252. The van der Waals surface area contributed by atoms with Crippen molar-refractivity contribution in [1.29, 1.82) is 0 Å². The van der Waals surface area contributed by atoms with Crippen LogP contribution in [-0.2, 0) is 6.42 Å². The zero-order chi connectivity index (χ0) is 13.8. The minimum Gasteiger partial charge on any atom is -0.373 e. The van der Waals surface area contributed by atoms with Gasteiger partial charge in [-0.3, -0.25) is 4.79 Å². The second-order valence-electron chi connectivity index (χ2n) is 5.20. The van der Waals surface area contributed by atoms with Gasteiger partial charge in [0.05, 0.1) is 0 Å². The summed E-state index contributed by atoms with van der Waals surface area (Å²) in [5, 5.41) is 6.12. The average Bonchev–Trinajstić information content (AvgIpc) is 3.16. The maximum absolute atomic E-state index is 12.2. The van der Waals surface area contributed by atoms with Crippen LogP contribution in [0, 0.1) is 5.92 Å². The highest BCUT2D eigenvalue weighted by Gasteiger charge is 2.37. The van der Waals surface area contributed by atoms with E-state index in [4.69, 9.17) is 0 Å². The topological polar surface area (TPSA) is 54.0 Å². The number of hydrogen-bond donors (Lipinski definition) is 2. The highest BCUT2D eigenvalue weighted by atomic mass is 16.1. The van der Waals surface area contributed by atoms with Crippen LogP contribution in [0.25, 0.3) is 0 Å². The lowest BCUT2D eigenvalue weighted by Crippen LogP contribution is -2.27. The number of nitrogens with zero attached hydrogens (tertiary/aromatic N) is 1. The molecular formula is C15H23N3O. The molecule has 1 aromatic rings. The van der Waals surface area contributed by atoms with E-state index < -0.39 is 0 Å². The number of carbonyl (C=O) groups is 1. The lowest BCUT2D eigenvalue weighted by atomic mass is 10.1. The second kappa shape index (κ2) is 6.04. The fraction of sp³-hybridized carbons (Fsp3) is 0.600. The fourth-order valence-electron chi connectivity index (χ4n) is 2.39. The van der Waals surface area contributed by atoms with Gasteiger partial charge in [-0.25, -0.2) is 4.98 Å². The molecule has 0 aromatic carbocycles. The quantitative estimate of drug-likeness (QED) is 0.827. The zero-order valence-corrected chi connectivity index (χ0v) is 12.0. The molecule has 2 unspecified atom stereocenters. The van der Waals surface area contributed by atoms with Crippen LogP contribution in [0.3, 0.4) is 0 Å². The van der Waals surface area contributed by atoms with Gasteiger partial charge in [-0.05, 0) is 37.3 Å². The van der Waals surface area contributed by atoms with Crippen molar-refractivity contribution in [3.05, 3.63) is 23.4 Å². The van der Waals surface area contributed by atoms with Crippen molar-refractivity contribution in [3.63, 3.8) is 0 Å². The molecule has 104 valence electrons. The summed E-state index contributed by atoms with van der Waals surface area (Å²) < 4.78 is 0. The van der Waals surface area contributed by atoms with Gasteiger partial charge in [-0.2, -0.15) is 0 Å². The predicted octanol–water partition coefficient (Wildman–Crippen LogP) is 2.60. The molecule has 2 rings (SSSR count). The number of anilines is 1. The molecule has 0 bridgehead atoms. The Morgan fingerprint density at radius 2 is 2.21 bits per heavy atom. The van der Waals surface area contributed by atoms with Crippen LogP contribution in [0.2, 0.25) is 0 Å². The molecule has 1 heterocycles. The van der Waals surface area contributed by atoms with E-state index in [0.29, 0.717) is 17.5 Å². The summed E-state index contributed by atoms with van der Waals surface area (Å²) in [6.45, 7) is 4.23. The van der Waals surface area contributed by atoms with Crippen LogP contribution in [0.5, 0.6) is 0 Å². The summed E-state index contributed by atoms with van der Waals surface area (Å²) in [5.41, 5.74) is 1.65. The third-order valence-electron chi connectivity index (χ3n) is 3.66. The van der Waals surface area contributed by atoms with Gasteiger partial charge in [0.15, 0.2) is 0 Å². The molecule has 0 saturated heterocycles. The SMILES string of the molecule is CCCC1CC1NC(=O)c1cc(CC)nc(NC)c1. The number of hydrogen-bond acceptors (Lipinski definition) is 3. The van der Waals surface area contributed by atoms with E-state index in [9.17, 15) is 4.79 Å². The van der Waals surface area contributed by atoms with Crippen molar-refractivity contribution in [2.24, 2.45) is 5.92 Å². The largest absolute Gasteiger partial charge is 0.373 e. The Morgan fingerprint density at radius 3 is 2.84 bits per heavy atom. The molecule has 2 N–H and O–H groups in total. The molecule has 0 aliphatic heterocycles. The number of carbonyl (C=O) groups excluding carboxylic acids is 1. The van der Waals surface area contributed by atoms with Crippen molar-refractivity contribution in [1.82, 2.24) is 10.3 Å². The van der Waals surface area contributed by atoms with Crippen LogP contribution < -0.4 is 10.6 Å². The van der Waals surface area contributed by atoms with Crippen LogP contribution in [0.15, 0.2) is 12.1 Å². The first-order valence-electron chi connectivity index (χ1n) is 7.17. The number of aromatic nitrogens is 1. The van der Waals surface area contributed by atoms with Gasteiger partial charge in [0.1, 0.15) is 5.82 Å². The predicted molar refractivity (Wildman–Crippen MR) is 77.4 cm³/mol.